The lowest BCUT2D eigenvalue weighted by molar-refractivity contribution is 0.160. The zero-order chi connectivity index (χ0) is 19.3. The van der Waals surface area contributed by atoms with Gasteiger partial charge in [-0.2, -0.15) is 0 Å². The predicted molar refractivity (Wildman–Crippen MR) is 117 cm³/mol. The quantitative estimate of drug-likeness (QED) is 0.459. The molecule has 3 fully saturated rings. The molecule has 1 aromatic rings. The number of benzene rings is 1. The van der Waals surface area contributed by atoms with Crippen molar-refractivity contribution in [3.05, 3.63) is 47.8 Å². The van der Waals surface area contributed by atoms with Gasteiger partial charge in [0.1, 0.15) is 5.82 Å². The first-order valence-electron chi connectivity index (χ1n) is 12.1. The summed E-state index contributed by atoms with van der Waals surface area (Å²) in [6.07, 6.45) is 22.0. The second kappa shape index (κ2) is 9.59. The van der Waals surface area contributed by atoms with Crippen molar-refractivity contribution in [3.63, 3.8) is 0 Å². The molecular formula is C27H39F. The maximum Gasteiger partial charge on any atom is 0.123 e. The molecule has 154 valence electrons. The highest BCUT2D eigenvalue weighted by molar-refractivity contribution is 5.21. The van der Waals surface area contributed by atoms with Crippen LogP contribution in [0.2, 0.25) is 0 Å². The number of rotatable bonds is 4. The van der Waals surface area contributed by atoms with E-state index >= 15 is 0 Å². The van der Waals surface area contributed by atoms with Gasteiger partial charge in [0.05, 0.1) is 0 Å². The summed E-state index contributed by atoms with van der Waals surface area (Å²) < 4.78 is 13.1. The molecule has 0 atom stereocenters. The monoisotopic (exact) mass is 382 g/mol. The van der Waals surface area contributed by atoms with Crippen LogP contribution in [-0.4, -0.2) is 0 Å². The highest BCUT2D eigenvalue weighted by Crippen LogP contribution is 2.42. The number of halogens is 1. The van der Waals surface area contributed by atoms with Crippen molar-refractivity contribution in [2.24, 2.45) is 29.6 Å². The fourth-order valence-electron chi connectivity index (χ4n) is 6.26. The van der Waals surface area contributed by atoms with Crippen LogP contribution in [0.1, 0.15) is 95.5 Å². The van der Waals surface area contributed by atoms with Crippen molar-refractivity contribution < 1.29 is 4.39 Å². The number of hydrogen-bond donors (Lipinski definition) is 0. The minimum absolute atomic E-state index is 0.117. The molecule has 0 aromatic heterocycles. The van der Waals surface area contributed by atoms with Crippen LogP contribution in [0.4, 0.5) is 4.39 Å². The van der Waals surface area contributed by atoms with Crippen molar-refractivity contribution in [2.75, 3.05) is 0 Å². The first kappa shape index (κ1) is 20.2. The fraction of sp³-hybridized carbons (Fsp3) is 0.704. The maximum atomic E-state index is 13.1. The highest BCUT2D eigenvalue weighted by Gasteiger charge is 2.29. The lowest BCUT2D eigenvalue weighted by Crippen LogP contribution is -2.24. The van der Waals surface area contributed by atoms with E-state index in [0.717, 1.165) is 29.6 Å². The van der Waals surface area contributed by atoms with Crippen LogP contribution in [-0.2, 0) is 0 Å². The Morgan fingerprint density at radius 3 is 1.64 bits per heavy atom. The van der Waals surface area contributed by atoms with Gasteiger partial charge < -0.3 is 0 Å². The Kier molecular flexibility index (Phi) is 6.91. The summed E-state index contributed by atoms with van der Waals surface area (Å²) in [6.45, 7) is 2.44. The van der Waals surface area contributed by atoms with E-state index in [2.05, 4.69) is 19.1 Å². The molecule has 0 aliphatic heterocycles. The van der Waals surface area contributed by atoms with E-state index in [1.54, 1.807) is 12.1 Å². The standard InChI is InChI=1S/C27H39F/c1-20-2-10-23(11-3-20)24-12-6-21(7-13-24)4-5-22-8-14-25(15-9-22)26-16-18-27(28)19-17-26/h4-5,16-25H,2-3,6-15H2,1H3. The second-order valence-electron chi connectivity index (χ2n) is 10.2. The van der Waals surface area contributed by atoms with Gasteiger partial charge in [0, 0.05) is 0 Å². The van der Waals surface area contributed by atoms with Crippen molar-refractivity contribution >= 4 is 0 Å². The highest BCUT2D eigenvalue weighted by atomic mass is 19.1. The summed E-state index contributed by atoms with van der Waals surface area (Å²) in [7, 11) is 0. The van der Waals surface area contributed by atoms with E-state index in [4.69, 9.17) is 0 Å². The summed E-state index contributed by atoms with van der Waals surface area (Å²) in [6, 6.07) is 7.21. The van der Waals surface area contributed by atoms with Crippen molar-refractivity contribution in [2.45, 2.75) is 89.9 Å². The molecule has 0 amide bonds. The van der Waals surface area contributed by atoms with Gasteiger partial charge >= 0.3 is 0 Å². The zero-order valence-corrected chi connectivity index (χ0v) is 17.8. The molecule has 28 heavy (non-hydrogen) atoms. The van der Waals surface area contributed by atoms with Crippen LogP contribution in [0.5, 0.6) is 0 Å². The normalized spacial score (nSPS) is 37.2. The van der Waals surface area contributed by atoms with Crippen molar-refractivity contribution in [1.82, 2.24) is 0 Å². The fourth-order valence-corrected chi connectivity index (χ4v) is 6.26. The Hall–Kier alpha value is -1.11. The predicted octanol–water partition coefficient (Wildman–Crippen LogP) is 8.29. The van der Waals surface area contributed by atoms with Gasteiger partial charge in [-0.3, -0.25) is 0 Å². The molecule has 1 aromatic carbocycles. The van der Waals surface area contributed by atoms with Crippen molar-refractivity contribution in [1.29, 1.82) is 0 Å². The molecule has 3 aliphatic rings. The molecule has 0 heterocycles. The summed E-state index contributed by atoms with van der Waals surface area (Å²) in [5, 5.41) is 0. The third-order valence-electron chi connectivity index (χ3n) is 8.31. The van der Waals surface area contributed by atoms with Gasteiger partial charge in [0.25, 0.3) is 0 Å². The van der Waals surface area contributed by atoms with Crippen LogP contribution < -0.4 is 0 Å². The average molecular weight is 383 g/mol. The van der Waals surface area contributed by atoms with E-state index in [9.17, 15) is 4.39 Å². The summed E-state index contributed by atoms with van der Waals surface area (Å²) in [5.74, 6) is 5.19. The summed E-state index contributed by atoms with van der Waals surface area (Å²) in [4.78, 5) is 0. The molecule has 0 spiro atoms. The molecule has 0 bridgehead atoms. The van der Waals surface area contributed by atoms with Crippen LogP contribution in [0.3, 0.4) is 0 Å². The van der Waals surface area contributed by atoms with Crippen LogP contribution in [0.25, 0.3) is 0 Å². The van der Waals surface area contributed by atoms with Crippen LogP contribution in [0, 0.1) is 35.4 Å². The van der Waals surface area contributed by atoms with E-state index in [1.165, 1.54) is 82.6 Å². The van der Waals surface area contributed by atoms with Crippen LogP contribution >= 0.6 is 0 Å². The molecular weight excluding hydrogens is 343 g/mol. The Morgan fingerprint density at radius 1 is 0.643 bits per heavy atom. The third-order valence-corrected chi connectivity index (χ3v) is 8.31. The smallest absolute Gasteiger partial charge is 0.123 e. The average Bonchev–Trinajstić information content (AvgIpc) is 2.74. The van der Waals surface area contributed by atoms with Gasteiger partial charge in [0.15, 0.2) is 0 Å². The Morgan fingerprint density at radius 2 is 1.11 bits per heavy atom. The molecule has 3 saturated carbocycles. The SMILES string of the molecule is CC1CCC(C2CCC(C=CC3CCC(c4ccc(F)cc4)CC3)CC2)CC1. The first-order valence-corrected chi connectivity index (χ1v) is 12.1. The maximum absolute atomic E-state index is 13.1. The van der Waals surface area contributed by atoms with Gasteiger partial charge in [-0.25, -0.2) is 4.39 Å². The Labute approximate surface area is 172 Å². The van der Waals surface area contributed by atoms with E-state index in [0.29, 0.717) is 5.92 Å². The Bertz CT molecular complexity index is 606. The molecule has 0 unspecified atom stereocenters. The summed E-state index contributed by atoms with van der Waals surface area (Å²) in [5.41, 5.74) is 1.33. The third kappa shape index (κ3) is 5.28. The van der Waals surface area contributed by atoms with Gasteiger partial charge in [-0.05, 0) is 117 Å². The minimum atomic E-state index is -0.117. The van der Waals surface area contributed by atoms with E-state index in [1.807, 2.05) is 12.1 Å². The molecule has 3 aliphatic carbocycles. The second-order valence-corrected chi connectivity index (χ2v) is 10.2. The molecule has 0 nitrogen and oxygen atoms in total. The molecule has 0 N–H and O–H groups in total. The zero-order valence-electron chi connectivity index (χ0n) is 17.8. The van der Waals surface area contributed by atoms with Gasteiger partial charge in [0.2, 0.25) is 0 Å². The molecule has 0 saturated heterocycles. The Balaban J connectivity index is 1.18. The number of allylic oxidation sites excluding steroid dienone is 2. The lowest BCUT2D eigenvalue weighted by Gasteiger charge is -2.36. The lowest BCUT2D eigenvalue weighted by atomic mass is 9.69. The molecule has 1 heteroatoms. The van der Waals surface area contributed by atoms with Gasteiger partial charge in [-0.1, -0.05) is 44.1 Å². The van der Waals surface area contributed by atoms with Crippen molar-refractivity contribution in [3.8, 4) is 0 Å². The topological polar surface area (TPSA) is 0 Å². The summed E-state index contributed by atoms with van der Waals surface area (Å²) >= 11 is 0. The first-order chi connectivity index (χ1) is 13.7. The van der Waals surface area contributed by atoms with E-state index < -0.39 is 0 Å². The largest absolute Gasteiger partial charge is 0.207 e. The molecule has 4 rings (SSSR count). The molecule has 0 radical (unpaired) electrons. The minimum Gasteiger partial charge on any atom is -0.207 e. The van der Waals surface area contributed by atoms with Gasteiger partial charge in [-0.15, -0.1) is 0 Å². The van der Waals surface area contributed by atoms with Crippen LogP contribution in [0.15, 0.2) is 36.4 Å². The van der Waals surface area contributed by atoms with E-state index in [-0.39, 0.29) is 5.82 Å². The number of hydrogen-bond acceptors (Lipinski definition) is 0.